The first kappa shape index (κ1) is 26.9. The van der Waals surface area contributed by atoms with Gasteiger partial charge in [-0.15, -0.1) is 0 Å². The lowest BCUT2D eigenvalue weighted by Gasteiger charge is -2.40. The van der Waals surface area contributed by atoms with Crippen molar-refractivity contribution in [3.05, 3.63) is 45.8 Å². The largest absolute Gasteiger partial charge is 0.497 e. The summed E-state index contributed by atoms with van der Waals surface area (Å²) in [5.74, 6) is 2.76. The third kappa shape index (κ3) is 6.06. The second kappa shape index (κ2) is 12.0. The fraction of sp³-hybridized carbons (Fsp3) is 0.655. The van der Waals surface area contributed by atoms with Crippen molar-refractivity contribution in [1.82, 2.24) is 9.78 Å². The van der Waals surface area contributed by atoms with Crippen LogP contribution >= 0.6 is 11.6 Å². The second-order valence-electron chi connectivity index (χ2n) is 11.3. The molecule has 0 bridgehead atoms. The summed E-state index contributed by atoms with van der Waals surface area (Å²) in [7, 11) is 1.68. The average Bonchev–Trinajstić information content (AvgIpc) is 3.78. The van der Waals surface area contributed by atoms with E-state index in [0.29, 0.717) is 43.4 Å². The van der Waals surface area contributed by atoms with Gasteiger partial charge in [0.2, 0.25) is 0 Å². The summed E-state index contributed by atoms with van der Waals surface area (Å²) in [6.45, 7) is 5.07. The Hall–Kier alpha value is -2.33. The number of hydrogen-bond acceptors (Lipinski definition) is 8. The number of fused-ring (bicyclic) bond motifs is 1. The highest BCUT2D eigenvalue weighted by atomic mass is 35.5. The number of rotatable bonds is 9. The van der Waals surface area contributed by atoms with Crippen LogP contribution in [0.4, 0.5) is 11.4 Å². The predicted octanol–water partition coefficient (Wildman–Crippen LogP) is 4.01. The van der Waals surface area contributed by atoms with Gasteiger partial charge < -0.3 is 29.2 Å². The van der Waals surface area contributed by atoms with Crippen LogP contribution in [-0.2, 0) is 14.2 Å². The second-order valence-corrected chi connectivity index (χ2v) is 11.7. The zero-order valence-corrected chi connectivity index (χ0v) is 23.4. The molecule has 2 aliphatic carbocycles. The predicted molar refractivity (Wildman–Crippen MR) is 150 cm³/mol. The summed E-state index contributed by atoms with van der Waals surface area (Å²) in [6.07, 6.45) is 6.61. The molecule has 1 aromatic carbocycles. The maximum absolute atomic E-state index is 13.2. The fourth-order valence-corrected chi connectivity index (χ4v) is 6.73. The molecule has 9 nitrogen and oxygen atoms in total. The first-order valence-electron chi connectivity index (χ1n) is 14.3. The van der Waals surface area contributed by atoms with Crippen LogP contribution in [0.25, 0.3) is 0 Å². The van der Waals surface area contributed by atoms with Gasteiger partial charge in [0.1, 0.15) is 10.8 Å². The van der Waals surface area contributed by atoms with E-state index in [1.165, 1.54) is 6.42 Å². The highest BCUT2D eigenvalue weighted by Gasteiger charge is 2.45. The van der Waals surface area contributed by atoms with Crippen LogP contribution in [0.1, 0.15) is 38.1 Å². The van der Waals surface area contributed by atoms with Crippen LogP contribution < -0.4 is 20.5 Å². The average molecular weight is 559 g/mol. The topological polar surface area (TPSA) is 87.1 Å². The fourth-order valence-electron chi connectivity index (χ4n) is 6.53. The van der Waals surface area contributed by atoms with Gasteiger partial charge in [-0.3, -0.25) is 4.79 Å². The number of nitrogens with one attached hydrogen (secondary N) is 1. The summed E-state index contributed by atoms with van der Waals surface area (Å²) in [4.78, 5) is 15.7. The van der Waals surface area contributed by atoms with Crippen molar-refractivity contribution in [2.24, 2.45) is 17.8 Å². The van der Waals surface area contributed by atoms with E-state index in [2.05, 4.69) is 27.4 Å². The van der Waals surface area contributed by atoms with E-state index >= 15 is 0 Å². The summed E-state index contributed by atoms with van der Waals surface area (Å²) >= 11 is 6.56. The number of nitrogens with zero attached hydrogens (tertiary/aromatic N) is 3. The van der Waals surface area contributed by atoms with E-state index in [1.54, 1.807) is 18.0 Å². The van der Waals surface area contributed by atoms with Crippen molar-refractivity contribution >= 4 is 23.0 Å². The molecule has 2 saturated carbocycles. The number of anilines is 2. The highest BCUT2D eigenvalue weighted by Crippen LogP contribution is 2.47. The number of ether oxygens (including phenoxy) is 4. The Morgan fingerprint density at radius 3 is 2.67 bits per heavy atom. The molecule has 6 rings (SSSR count). The van der Waals surface area contributed by atoms with Gasteiger partial charge in [0.05, 0.1) is 57.6 Å². The van der Waals surface area contributed by atoms with E-state index in [-0.39, 0.29) is 22.7 Å². The molecule has 0 amide bonds. The molecule has 0 spiro atoms. The maximum atomic E-state index is 13.2. The van der Waals surface area contributed by atoms with Gasteiger partial charge in [-0.2, -0.15) is 5.10 Å². The third-order valence-corrected chi connectivity index (χ3v) is 9.25. The van der Waals surface area contributed by atoms with Gasteiger partial charge in [0, 0.05) is 37.3 Å². The van der Waals surface area contributed by atoms with E-state index in [9.17, 15) is 4.79 Å². The molecule has 2 saturated heterocycles. The number of aromatic nitrogens is 2. The molecule has 4 fully saturated rings. The van der Waals surface area contributed by atoms with Gasteiger partial charge in [-0.05, 0) is 68.2 Å². The standard InChI is InChI=1S/C29H39ClN4O5/c1-36-24-8-6-22(7-9-24)33(15-25-18-37-10-11-39-25)21-2-4-23(5-3-21)34-29(35)28(30)27(14-32-34)31-13-20-17-38-16-19-12-26(19)20/h6-9,14,19-21,23,25-26,31H,2-5,10-13,15-18H2,1H3/t19-,20+,21?,23?,25+,26-/m0/s1. The van der Waals surface area contributed by atoms with Crippen LogP contribution in [0.3, 0.4) is 0 Å². The normalized spacial score (nSPS) is 30.3. The van der Waals surface area contributed by atoms with E-state index in [1.807, 2.05) is 12.1 Å². The molecule has 2 aromatic rings. The molecule has 4 atom stereocenters. The maximum Gasteiger partial charge on any atom is 0.287 e. The first-order chi connectivity index (χ1) is 19.1. The number of hydrogen-bond donors (Lipinski definition) is 1. The van der Waals surface area contributed by atoms with Crippen molar-refractivity contribution in [2.45, 2.75) is 50.3 Å². The summed E-state index contributed by atoms with van der Waals surface area (Å²) in [5, 5.41) is 8.16. The minimum atomic E-state index is -0.214. The lowest BCUT2D eigenvalue weighted by molar-refractivity contribution is -0.0847. The molecule has 2 aliphatic heterocycles. The molecular formula is C29H39ClN4O5. The SMILES string of the molecule is COc1ccc(N(C[C@@H]2COCCO2)C2CCC(n3ncc(NC[C@@H]4COC[C@@H]5C[C@H]45)c(Cl)c3=O)CC2)cc1. The molecule has 212 valence electrons. The van der Waals surface area contributed by atoms with E-state index in [0.717, 1.165) is 69.3 Å². The molecule has 1 aromatic heterocycles. The quantitative estimate of drug-likeness (QED) is 0.494. The first-order valence-corrected chi connectivity index (χ1v) is 14.7. The number of halogens is 1. The zero-order valence-electron chi connectivity index (χ0n) is 22.6. The molecule has 39 heavy (non-hydrogen) atoms. The van der Waals surface area contributed by atoms with Crippen molar-refractivity contribution in [1.29, 1.82) is 0 Å². The molecule has 3 heterocycles. The smallest absolute Gasteiger partial charge is 0.287 e. The number of benzene rings is 1. The lowest BCUT2D eigenvalue weighted by Crippen LogP contribution is -2.46. The van der Waals surface area contributed by atoms with Crippen molar-refractivity contribution < 1.29 is 18.9 Å². The van der Waals surface area contributed by atoms with E-state index < -0.39 is 0 Å². The van der Waals surface area contributed by atoms with Crippen molar-refractivity contribution in [2.75, 3.05) is 63.5 Å². The van der Waals surface area contributed by atoms with Gasteiger partial charge in [-0.1, -0.05) is 11.6 Å². The Kier molecular flexibility index (Phi) is 8.30. The Bertz CT molecular complexity index is 1160. The molecule has 0 unspecified atom stereocenters. The molecular weight excluding hydrogens is 520 g/mol. The van der Waals surface area contributed by atoms with Crippen LogP contribution in [0.2, 0.25) is 5.02 Å². The Balaban J connectivity index is 1.10. The molecule has 10 heteroatoms. The summed E-state index contributed by atoms with van der Waals surface area (Å²) < 4.78 is 24.3. The zero-order chi connectivity index (χ0) is 26.8. The van der Waals surface area contributed by atoms with Crippen LogP contribution in [0, 0.1) is 17.8 Å². The lowest BCUT2D eigenvalue weighted by atomic mass is 9.89. The van der Waals surface area contributed by atoms with Crippen LogP contribution in [-0.4, -0.2) is 75.2 Å². The molecule has 4 aliphatic rings. The van der Waals surface area contributed by atoms with Crippen molar-refractivity contribution in [3.63, 3.8) is 0 Å². The van der Waals surface area contributed by atoms with Crippen LogP contribution in [0.5, 0.6) is 5.75 Å². The minimum Gasteiger partial charge on any atom is -0.497 e. The third-order valence-electron chi connectivity index (χ3n) is 8.89. The Morgan fingerprint density at radius 1 is 1.10 bits per heavy atom. The van der Waals surface area contributed by atoms with E-state index in [4.69, 9.17) is 30.5 Å². The summed E-state index contributed by atoms with van der Waals surface area (Å²) in [5.41, 5.74) is 1.55. The van der Waals surface area contributed by atoms with Gasteiger partial charge in [-0.25, -0.2) is 4.68 Å². The Labute approximate surface area is 234 Å². The highest BCUT2D eigenvalue weighted by molar-refractivity contribution is 6.32. The van der Waals surface area contributed by atoms with Crippen LogP contribution in [0.15, 0.2) is 35.3 Å². The number of methoxy groups -OCH3 is 1. The molecule has 1 N–H and O–H groups in total. The van der Waals surface area contributed by atoms with Gasteiger partial charge in [0.15, 0.2) is 0 Å². The summed E-state index contributed by atoms with van der Waals surface area (Å²) in [6, 6.07) is 8.57. The van der Waals surface area contributed by atoms with Crippen molar-refractivity contribution in [3.8, 4) is 5.75 Å². The Morgan fingerprint density at radius 2 is 1.92 bits per heavy atom. The van der Waals surface area contributed by atoms with Gasteiger partial charge >= 0.3 is 0 Å². The molecule has 0 radical (unpaired) electrons. The minimum absolute atomic E-state index is 0.0336. The monoisotopic (exact) mass is 558 g/mol. The van der Waals surface area contributed by atoms with Gasteiger partial charge in [0.25, 0.3) is 5.56 Å².